The summed E-state index contributed by atoms with van der Waals surface area (Å²) in [5.41, 5.74) is 8.95. The van der Waals surface area contributed by atoms with Crippen LogP contribution in [0, 0.1) is 5.82 Å². The van der Waals surface area contributed by atoms with Gasteiger partial charge in [0.2, 0.25) is 11.2 Å². The van der Waals surface area contributed by atoms with Gasteiger partial charge in [0, 0.05) is 23.4 Å². The predicted molar refractivity (Wildman–Crippen MR) is 115 cm³/mol. The second kappa shape index (κ2) is 7.58. The van der Waals surface area contributed by atoms with Crippen molar-refractivity contribution in [2.45, 2.75) is 6.54 Å². The van der Waals surface area contributed by atoms with Crippen LogP contribution in [-0.4, -0.2) is 24.1 Å². The van der Waals surface area contributed by atoms with Gasteiger partial charge in [-0.05, 0) is 18.2 Å². The number of halogens is 1. The van der Waals surface area contributed by atoms with Crippen molar-refractivity contribution in [2.24, 2.45) is 0 Å². The Bertz CT molecular complexity index is 1530. The summed E-state index contributed by atoms with van der Waals surface area (Å²) in [5.74, 6) is -0.377. The van der Waals surface area contributed by atoms with E-state index in [-0.39, 0.29) is 18.1 Å². The van der Waals surface area contributed by atoms with Crippen LogP contribution in [-0.2, 0) is 6.54 Å². The highest BCUT2D eigenvalue weighted by atomic mass is 19.1. The van der Waals surface area contributed by atoms with E-state index in [2.05, 4.69) is 20.1 Å². The zero-order valence-electron chi connectivity index (χ0n) is 16.6. The third kappa shape index (κ3) is 3.33. The number of H-pyrrole nitrogens is 2. The Balaban J connectivity index is 1.79. The molecule has 32 heavy (non-hydrogen) atoms. The number of aromatic amines is 2. The minimum atomic E-state index is -0.481. The third-order valence-corrected chi connectivity index (χ3v) is 5.04. The molecule has 5 rings (SSSR count). The van der Waals surface area contributed by atoms with Gasteiger partial charge in [-0.15, -0.1) is 9.50 Å². The fourth-order valence-corrected chi connectivity index (χ4v) is 3.56. The van der Waals surface area contributed by atoms with E-state index in [9.17, 15) is 14.0 Å². The van der Waals surface area contributed by atoms with Crippen LogP contribution in [0.4, 0.5) is 10.3 Å². The van der Waals surface area contributed by atoms with Gasteiger partial charge in [0.05, 0.1) is 24.0 Å². The van der Waals surface area contributed by atoms with Gasteiger partial charge in [-0.3, -0.25) is 15.5 Å². The lowest BCUT2D eigenvalue weighted by Crippen LogP contribution is -2.28. The zero-order chi connectivity index (χ0) is 22.2. The molecule has 10 heteroatoms. The summed E-state index contributed by atoms with van der Waals surface area (Å²) >= 11 is 0. The monoisotopic (exact) mass is 430 g/mol. The highest BCUT2D eigenvalue weighted by molar-refractivity contribution is 5.88. The number of nitrogens with zero attached hydrogens (tertiary/aromatic N) is 4. The summed E-state index contributed by atoms with van der Waals surface area (Å²) in [6.45, 7) is 0.0337. The van der Waals surface area contributed by atoms with Gasteiger partial charge in [-0.25, -0.2) is 14.2 Å². The van der Waals surface area contributed by atoms with Crippen molar-refractivity contribution in [2.75, 3.05) is 5.73 Å². The number of benzene rings is 1. The zero-order valence-corrected chi connectivity index (χ0v) is 16.6. The molecule has 0 fully saturated rings. The van der Waals surface area contributed by atoms with E-state index >= 15 is 0 Å². The topological polar surface area (TPSA) is 125 Å². The van der Waals surface area contributed by atoms with E-state index in [1.807, 2.05) is 30.3 Å². The van der Waals surface area contributed by atoms with Crippen molar-refractivity contribution in [3.63, 3.8) is 0 Å². The molecule has 0 bridgehead atoms. The second-order valence-electron chi connectivity index (χ2n) is 7.13. The lowest BCUT2D eigenvalue weighted by molar-refractivity contribution is -0.351. The Labute approximate surface area is 179 Å². The summed E-state index contributed by atoms with van der Waals surface area (Å²) in [7, 11) is 0. The van der Waals surface area contributed by atoms with Gasteiger partial charge in [0.25, 0.3) is 0 Å². The number of nitrogens with two attached hydrogens (primary N) is 1. The average molecular weight is 430 g/mol. The predicted octanol–water partition coefficient (Wildman–Crippen LogP) is 1.50. The largest absolute Gasteiger partial charge is 0.411 e. The molecule has 0 saturated heterocycles. The minimum Gasteiger partial charge on any atom is -0.328 e. The first-order valence-electron chi connectivity index (χ1n) is 9.70. The van der Waals surface area contributed by atoms with Crippen molar-refractivity contribution in [1.82, 2.24) is 24.1 Å². The summed E-state index contributed by atoms with van der Waals surface area (Å²) in [5, 5.41) is 4.52. The molecular weight excluding hydrogens is 413 g/mol. The van der Waals surface area contributed by atoms with Crippen molar-refractivity contribution in [3.05, 3.63) is 99.3 Å². The Morgan fingerprint density at radius 2 is 1.84 bits per heavy atom. The van der Waals surface area contributed by atoms with Crippen LogP contribution < -0.4 is 22.0 Å². The van der Waals surface area contributed by atoms with E-state index in [1.54, 1.807) is 12.3 Å². The molecule has 9 nitrogen and oxygen atoms in total. The molecule has 0 aliphatic carbocycles. The fourth-order valence-electron chi connectivity index (χ4n) is 3.56. The first kappa shape index (κ1) is 19.4. The van der Waals surface area contributed by atoms with Crippen LogP contribution in [0.3, 0.4) is 0 Å². The van der Waals surface area contributed by atoms with Crippen LogP contribution in [0.5, 0.6) is 0 Å². The minimum absolute atomic E-state index is 0.0337. The number of fused-ring (bicyclic) bond motifs is 1. The van der Waals surface area contributed by atoms with Crippen molar-refractivity contribution >= 4 is 11.6 Å². The maximum absolute atomic E-state index is 13.2. The number of hydrogen-bond donors (Lipinski definition) is 2. The fraction of sp³-hybridized carbons (Fsp3) is 0.0455. The van der Waals surface area contributed by atoms with Crippen LogP contribution in [0.25, 0.3) is 28.0 Å². The van der Waals surface area contributed by atoms with E-state index in [0.29, 0.717) is 28.2 Å². The quantitative estimate of drug-likeness (QED) is 0.447. The molecule has 4 heterocycles. The number of anilines is 1. The first-order valence-corrected chi connectivity index (χ1v) is 9.70. The molecule has 0 spiro atoms. The van der Waals surface area contributed by atoms with Crippen molar-refractivity contribution < 1.29 is 9.37 Å². The second-order valence-corrected chi connectivity index (χ2v) is 7.13. The number of rotatable bonds is 4. The molecule has 5 aromatic rings. The number of nitrogens with one attached hydrogen (secondary N) is 2. The highest BCUT2D eigenvalue weighted by Gasteiger charge is 2.25. The van der Waals surface area contributed by atoms with E-state index in [0.717, 1.165) is 11.8 Å². The molecule has 0 amide bonds. The Kier molecular flexibility index (Phi) is 4.59. The Morgan fingerprint density at radius 3 is 2.53 bits per heavy atom. The van der Waals surface area contributed by atoms with E-state index < -0.39 is 11.5 Å². The molecule has 0 atom stereocenters. The normalized spacial score (nSPS) is 11.2. The number of hydrogen-bond acceptors (Lipinski definition) is 5. The smallest absolute Gasteiger partial charge is 0.328 e. The van der Waals surface area contributed by atoms with Crippen molar-refractivity contribution in [1.29, 1.82) is 0 Å². The van der Waals surface area contributed by atoms with Crippen LogP contribution >= 0.6 is 0 Å². The van der Waals surface area contributed by atoms with Gasteiger partial charge < -0.3 is 4.98 Å². The first-order chi connectivity index (χ1) is 15.5. The summed E-state index contributed by atoms with van der Waals surface area (Å²) in [6.07, 6.45) is 2.64. The molecule has 0 saturated carbocycles. The molecule has 4 aromatic heterocycles. The van der Waals surface area contributed by atoms with Crippen molar-refractivity contribution in [3.8, 4) is 22.4 Å². The molecular formula is C22H17FN7O2+. The summed E-state index contributed by atoms with van der Waals surface area (Å²) < 4.78 is 15.7. The van der Waals surface area contributed by atoms with E-state index in [4.69, 9.17) is 5.73 Å². The van der Waals surface area contributed by atoms with Crippen LogP contribution in [0.2, 0.25) is 0 Å². The molecule has 0 aliphatic rings. The van der Waals surface area contributed by atoms with Gasteiger partial charge in [0.1, 0.15) is 11.5 Å². The van der Waals surface area contributed by atoms with Gasteiger partial charge in [-0.2, -0.15) is 4.68 Å². The SMILES string of the molecule is Nc1[nH+]c(-c2ccccc2)c(-c2ccc(=O)[nH]c2)c2nn(Cc3ccc(F)cn3)c(=O)n12. The Morgan fingerprint density at radius 1 is 1.03 bits per heavy atom. The standard InChI is InChI=1S/C22H16FN7O2/c23-15-7-8-16(25-11-15)12-29-22(32)30-20(28-29)18(14-6-9-17(31)26-10-14)19(27-21(30)24)13-4-2-1-3-5-13/h1-11H,12H2,(H2,24,27)(H,26,31)/p+1. The number of nitrogen functional groups attached to an aromatic ring is 1. The molecule has 4 N–H and O–H groups in total. The number of aromatic nitrogens is 6. The molecule has 0 radical (unpaired) electrons. The summed E-state index contributed by atoms with van der Waals surface area (Å²) in [6, 6.07) is 15.2. The molecule has 0 aliphatic heterocycles. The summed E-state index contributed by atoms with van der Waals surface area (Å²) in [4.78, 5) is 34.5. The van der Waals surface area contributed by atoms with Crippen LogP contribution in [0.15, 0.2) is 76.6 Å². The lowest BCUT2D eigenvalue weighted by atomic mass is 10.0. The molecule has 0 unspecified atom stereocenters. The average Bonchev–Trinajstić information content (AvgIpc) is 3.13. The maximum atomic E-state index is 13.2. The van der Waals surface area contributed by atoms with Gasteiger partial charge >= 0.3 is 11.6 Å². The molecule has 1 aromatic carbocycles. The third-order valence-electron chi connectivity index (χ3n) is 5.04. The Hall–Kier alpha value is -4.60. The molecule has 158 valence electrons. The van der Waals surface area contributed by atoms with E-state index in [1.165, 1.54) is 27.3 Å². The highest BCUT2D eigenvalue weighted by Crippen LogP contribution is 2.31. The lowest BCUT2D eigenvalue weighted by Gasteiger charge is -2.08. The van der Waals surface area contributed by atoms with Crippen LogP contribution in [0.1, 0.15) is 5.69 Å². The number of pyridine rings is 2. The maximum Gasteiger partial charge on any atom is 0.411 e. The van der Waals surface area contributed by atoms with Gasteiger partial charge in [-0.1, -0.05) is 30.3 Å². The van der Waals surface area contributed by atoms with Gasteiger partial charge in [0.15, 0.2) is 0 Å².